The fourth-order valence-corrected chi connectivity index (χ4v) is 5.50. The molecule has 2 heterocycles. The number of carboxylic acids is 1. The van der Waals surface area contributed by atoms with Gasteiger partial charge in [-0.3, -0.25) is 14.6 Å². The first kappa shape index (κ1) is 31.1. The highest BCUT2D eigenvalue weighted by Gasteiger charge is 2.36. The van der Waals surface area contributed by atoms with E-state index in [2.05, 4.69) is 15.6 Å². The summed E-state index contributed by atoms with van der Waals surface area (Å²) in [5.41, 5.74) is -1.04. The van der Waals surface area contributed by atoms with Gasteiger partial charge in [0.25, 0.3) is 5.91 Å². The Morgan fingerprint density at radius 2 is 1.90 bits per heavy atom. The third-order valence-corrected chi connectivity index (χ3v) is 7.81. The predicted molar refractivity (Wildman–Crippen MR) is 157 cm³/mol. The van der Waals surface area contributed by atoms with E-state index >= 15 is 4.39 Å². The van der Waals surface area contributed by atoms with E-state index in [1.165, 1.54) is 31.8 Å². The van der Waals surface area contributed by atoms with E-state index < -0.39 is 28.7 Å². The van der Waals surface area contributed by atoms with Crippen molar-refractivity contribution >= 4 is 40.9 Å². The first-order valence-corrected chi connectivity index (χ1v) is 13.8. The number of carbonyl (C=O) groups excluding carboxylic acids is 1. The second-order valence-corrected chi connectivity index (χ2v) is 10.7. The summed E-state index contributed by atoms with van der Waals surface area (Å²) >= 11 is 0. The molecule has 0 saturated heterocycles. The molecule has 40 heavy (non-hydrogen) atoms. The molecule has 3 N–H and O–H groups in total. The zero-order valence-corrected chi connectivity index (χ0v) is 24.0. The Labute approximate surface area is 239 Å². The van der Waals surface area contributed by atoms with Gasteiger partial charge in [-0.2, -0.15) is 0 Å². The van der Waals surface area contributed by atoms with Crippen molar-refractivity contribution in [3.05, 3.63) is 70.0 Å². The maximum atomic E-state index is 15.3. The van der Waals surface area contributed by atoms with Crippen LogP contribution in [0.1, 0.15) is 87.7 Å². The summed E-state index contributed by atoms with van der Waals surface area (Å²) in [5.74, 6) is -2.61. The standard InChI is InChI=1S/C30H37FN4O4.ClH/c1-4-21(5-2)35-18-23(28(37)34-30(3,29(38)39)16-19-10-9-13-32-17-19)27(36)22-14-24(31)25(15-26(22)35)33-20-11-7-6-8-12-20;/h9-10,13-15,17-18,20-21,33H,4-8,11-12,16H2,1-3H3,(H,34,37)(H,38,39);1H/t30-;/m1./s1. The summed E-state index contributed by atoms with van der Waals surface area (Å²) in [6.45, 7) is 5.42. The number of amides is 1. The molecule has 10 heteroatoms. The first-order valence-electron chi connectivity index (χ1n) is 13.8. The van der Waals surface area contributed by atoms with Crippen LogP contribution in [0.4, 0.5) is 10.1 Å². The van der Waals surface area contributed by atoms with Gasteiger partial charge in [0.15, 0.2) is 0 Å². The molecule has 1 aliphatic rings. The molecule has 216 valence electrons. The molecule has 2 aromatic heterocycles. The Hall–Kier alpha value is -3.46. The van der Waals surface area contributed by atoms with Crippen LogP contribution in [0.3, 0.4) is 0 Å². The van der Waals surface area contributed by atoms with Crippen LogP contribution < -0.4 is 16.1 Å². The van der Waals surface area contributed by atoms with Gasteiger partial charge in [-0.1, -0.05) is 39.2 Å². The van der Waals surface area contributed by atoms with Gasteiger partial charge in [-0.15, -0.1) is 12.4 Å². The molecule has 4 rings (SSSR count). The molecule has 3 aromatic rings. The van der Waals surface area contributed by atoms with Crippen molar-refractivity contribution < 1.29 is 19.1 Å². The lowest BCUT2D eigenvalue weighted by Crippen LogP contribution is -2.54. The molecule has 1 aromatic carbocycles. The smallest absolute Gasteiger partial charge is 0.329 e. The van der Waals surface area contributed by atoms with Gasteiger partial charge in [0, 0.05) is 42.5 Å². The van der Waals surface area contributed by atoms with E-state index in [1.807, 2.05) is 18.4 Å². The molecule has 1 saturated carbocycles. The van der Waals surface area contributed by atoms with E-state index in [4.69, 9.17) is 0 Å². The second-order valence-electron chi connectivity index (χ2n) is 10.7. The number of hydrogen-bond donors (Lipinski definition) is 3. The molecule has 1 atom stereocenters. The summed E-state index contributed by atoms with van der Waals surface area (Å²) in [5, 5.41) is 16.0. The van der Waals surface area contributed by atoms with E-state index in [0.29, 0.717) is 16.8 Å². The minimum Gasteiger partial charge on any atom is -0.480 e. The number of pyridine rings is 2. The van der Waals surface area contributed by atoms with E-state index in [9.17, 15) is 19.5 Å². The molecular weight excluding hydrogens is 535 g/mol. The summed E-state index contributed by atoms with van der Waals surface area (Å²) < 4.78 is 17.2. The van der Waals surface area contributed by atoms with Crippen LogP contribution in [-0.2, 0) is 11.2 Å². The average Bonchev–Trinajstić information content (AvgIpc) is 2.92. The Morgan fingerprint density at radius 3 is 2.50 bits per heavy atom. The molecule has 0 radical (unpaired) electrons. The highest BCUT2D eigenvalue weighted by molar-refractivity contribution is 6.00. The highest BCUT2D eigenvalue weighted by atomic mass is 35.5. The first-order chi connectivity index (χ1) is 18.7. The zero-order valence-electron chi connectivity index (χ0n) is 23.2. The molecule has 1 fully saturated rings. The van der Waals surface area contributed by atoms with Crippen LogP contribution >= 0.6 is 12.4 Å². The molecule has 0 unspecified atom stereocenters. The van der Waals surface area contributed by atoms with Crippen molar-refractivity contribution in [3.63, 3.8) is 0 Å². The highest BCUT2D eigenvalue weighted by Crippen LogP contribution is 2.29. The van der Waals surface area contributed by atoms with Crippen LogP contribution in [0.5, 0.6) is 0 Å². The van der Waals surface area contributed by atoms with Gasteiger partial charge in [-0.25, -0.2) is 9.18 Å². The van der Waals surface area contributed by atoms with Crippen LogP contribution in [0.2, 0.25) is 0 Å². The van der Waals surface area contributed by atoms with Crippen LogP contribution in [0.25, 0.3) is 10.9 Å². The van der Waals surface area contributed by atoms with Crippen molar-refractivity contribution in [1.29, 1.82) is 0 Å². The molecule has 1 amide bonds. The van der Waals surface area contributed by atoms with E-state index in [0.717, 1.165) is 38.5 Å². The van der Waals surface area contributed by atoms with E-state index in [-0.39, 0.29) is 41.9 Å². The lowest BCUT2D eigenvalue weighted by Gasteiger charge is -2.27. The quantitative estimate of drug-likeness (QED) is 0.280. The topological polar surface area (TPSA) is 113 Å². The molecule has 0 bridgehead atoms. The number of hydrogen-bond acceptors (Lipinski definition) is 5. The van der Waals surface area contributed by atoms with Crippen LogP contribution in [0, 0.1) is 5.82 Å². The SMILES string of the molecule is CCC(CC)n1cc(C(=O)N[C@](C)(Cc2cccnc2)C(=O)O)c(=O)c2cc(F)c(NC3CCCCC3)cc21.Cl. The summed E-state index contributed by atoms with van der Waals surface area (Å²) in [6.07, 6.45) is 11.3. The monoisotopic (exact) mass is 572 g/mol. The fourth-order valence-electron chi connectivity index (χ4n) is 5.50. The lowest BCUT2D eigenvalue weighted by atomic mass is 9.93. The maximum Gasteiger partial charge on any atom is 0.329 e. The summed E-state index contributed by atoms with van der Waals surface area (Å²) in [4.78, 5) is 43.3. The number of rotatable bonds is 10. The van der Waals surface area contributed by atoms with Crippen LogP contribution in [-0.4, -0.2) is 38.1 Å². The normalized spacial score (nSPS) is 15.3. The summed E-state index contributed by atoms with van der Waals surface area (Å²) in [6, 6.07) is 6.40. The Morgan fingerprint density at radius 1 is 1.20 bits per heavy atom. The number of fused-ring (bicyclic) bond motifs is 1. The number of nitrogens with zero attached hydrogens (tertiary/aromatic N) is 2. The minimum absolute atomic E-state index is 0. The number of anilines is 1. The summed E-state index contributed by atoms with van der Waals surface area (Å²) in [7, 11) is 0. The number of halogens is 2. The number of carboxylic acid groups (broad SMARTS) is 1. The third kappa shape index (κ3) is 6.63. The molecule has 8 nitrogen and oxygen atoms in total. The van der Waals surface area contributed by atoms with Crippen molar-refractivity contribution in [2.24, 2.45) is 0 Å². The molecule has 1 aliphatic carbocycles. The Bertz CT molecular complexity index is 1400. The predicted octanol–water partition coefficient (Wildman–Crippen LogP) is 5.88. The van der Waals surface area contributed by atoms with Gasteiger partial charge < -0.3 is 20.3 Å². The van der Waals surface area contributed by atoms with Crippen molar-refractivity contribution in [1.82, 2.24) is 14.9 Å². The molecular formula is C30H38ClFN4O4. The Kier molecular flexibility index (Phi) is 10.3. The van der Waals surface area contributed by atoms with Crippen molar-refractivity contribution in [2.45, 2.75) is 89.8 Å². The van der Waals surface area contributed by atoms with Gasteiger partial charge in [0.2, 0.25) is 5.43 Å². The second kappa shape index (κ2) is 13.3. The van der Waals surface area contributed by atoms with Crippen molar-refractivity contribution in [3.8, 4) is 0 Å². The third-order valence-electron chi connectivity index (χ3n) is 7.81. The maximum absolute atomic E-state index is 15.3. The lowest BCUT2D eigenvalue weighted by molar-refractivity contribution is -0.143. The Balaban J connectivity index is 0.00000441. The van der Waals surface area contributed by atoms with Crippen molar-refractivity contribution in [2.75, 3.05) is 5.32 Å². The number of carbonyl (C=O) groups is 2. The average molecular weight is 573 g/mol. The molecule has 0 aliphatic heterocycles. The number of aliphatic carboxylic acids is 1. The number of aromatic nitrogens is 2. The van der Waals surface area contributed by atoms with Gasteiger partial charge >= 0.3 is 5.97 Å². The van der Waals surface area contributed by atoms with Gasteiger partial charge in [0.1, 0.15) is 16.9 Å². The van der Waals surface area contributed by atoms with Gasteiger partial charge in [-0.05, 0) is 56.4 Å². The van der Waals surface area contributed by atoms with Crippen LogP contribution in [0.15, 0.2) is 47.7 Å². The van der Waals surface area contributed by atoms with E-state index in [1.54, 1.807) is 24.4 Å². The zero-order chi connectivity index (χ0) is 28.2. The fraction of sp³-hybridized carbons (Fsp3) is 0.467. The molecule has 0 spiro atoms. The number of nitrogens with one attached hydrogen (secondary N) is 2. The number of benzene rings is 1. The van der Waals surface area contributed by atoms with Gasteiger partial charge in [0.05, 0.1) is 11.2 Å². The minimum atomic E-state index is -1.69. The largest absolute Gasteiger partial charge is 0.480 e.